The van der Waals surface area contributed by atoms with Crippen LogP contribution in [0.1, 0.15) is 12.8 Å². The molecule has 0 aromatic carbocycles. The predicted octanol–water partition coefficient (Wildman–Crippen LogP) is -0.938. The molecule has 0 bridgehead atoms. The van der Waals surface area contributed by atoms with E-state index >= 15 is 0 Å². The number of hydrogen-bond donors (Lipinski definition) is 2. The van der Waals surface area contributed by atoms with Gasteiger partial charge in [-0.25, -0.2) is 8.42 Å². The summed E-state index contributed by atoms with van der Waals surface area (Å²) in [5.74, 6) is -0.599. The molecule has 13 heavy (non-hydrogen) atoms. The summed E-state index contributed by atoms with van der Waals surface area (Å²) < 4.78 is 23.4. The molecule has 1 amide bonds. The lowest BCUT2D eigenvalue weighted by Gasteiger charge is -2.21. The van der Waals surface area contributed by atoms with Gasteiger partial charge in [0.15, 0.2) is 0 Å². The second-order valence-electron chi connectivity index (χ2n) is 3.28. The third-order valence-corrected chi connectivity index (χ3v) is 2.53. The first kappa shape index (κ1) is 10.5. The van der Waals surface area contributed by atoms with E-state index in [0.717, 1.165) is 25.6 Å². The van der Waals surface area contributed by atoms with Crippen LogP contribution in [0.25, 0.3) is 0 Å². The van der Waals surface area contributed by atoms with Gasteiger partial charge < -0.3 is 5.32 Å². The molecule has 0 aromatic heterocycles. The van der Waals surface area contributed by atoms with Crippen molar-refractivity contribution in [2.24, 2.45) is 5.92 Å². The molecule has 1 rings (SSSR count). The Bertz CT molecular complexity index is 280. The largest absolute Gasteiger partial charge is 0.316 e. The molecule has 76 valence electrons. The lowest BCUT2D eigenvalue weighted by Crippen LogP contribution is -2.42. The third kappa shape index (κ3) is 3.73. The highest BCUT2D eigenvalue weighted by Gasteiger charge is 2.22. The second-order valence-corrected chi connectivity index (χ2v) is 5.03. The molecular formula is C7H14N2O3S. The first-order valence-electron chi connectivity index (χ1n) is 4.21. The molecule has 1 aliphatic rings. The smallest absolute Gasteiger partial charge is 0.237 e. The lowest BCUT2D eigenvalue weighted by atomic mass is 9.99. The van der Waals surface area contributed by atoms with Crippen molar-refractivity contribution in [1.82, 2.24) is 10.0 Å². The van der Waals surface area contributed by atoms with E-state index in [-0.39, 0.29) is 5.92 Å². The second kappa shape index (κ2) is 4.06. The Morgan fingerprint density at radius 1 is 1.54 bits per heavy atom. The Balaban J connectivity index is 2.47. The molecule has 1 atom stereocenters. The minimum atomic E-state index is -3.40. The Morgan fingerprint density at radius 3 is 2.69 bits per heavy atom. The number of nitrogens with one attached hydrogen (secondary N) is 2. The number of hydrogen-bond acceptors (Lipinski definition) is 4. The predicted molar refractivity (Wildman–Crippen MR) is 48.6 cm³/mol. The molecule has 0 spiro atoms. The molecule has 6 heteroatoms. The molecular weight excluding hydrogens is 192 g/mol. The van der Waals surface area contributed by atoms with Crippen LogP contribution < -0.4 is 10.0 Å². The standard InChI is InChI=1S/C7H14N2O3S/c1-13(11,12)9-7(10)6-3-2-4-8-5-6/h6,8H,2-5H2,1H3,(H,9,10)/t6-/m1/s1. The Morgan fingerprint density at radius 2 is 2.23 bits per heavy atom. The highest BCUT2D eigenvalue weighted by atomic mass is 32.2. The highest BCUT2D eigenvalue weighted by Crippen LogP contribution is 2.09. The van der Waals surface area contributed by atoms with Crippen molar-refractivity contribution in [3.63, 3.8) is 0 Å². The van der Waals surface area contributed by atoms with Gasteiger partial charge in [0.1, 0.15) is 0 Å². The minimum absolute atomic E-state index is 0.205. The Kier molecular flexibility index (Phi) is 3.27. The van der Waals surface area contributed by atoms with Crippen LogP contribution in [0.15, 0.2) is 0 Å². The van der Waals surface area contributed by atoms with Crippen LogP contribution in [0.4, 0.5) is 0 Å². The number of amides is 1. The molecule has 0 unspecified atom stereocenters. The topological polar surface area (TPSA) is 75.3 Å². The third-order valence-electron chi connectivity index (χ3n) is 1.95. The van der Waals surface area contributed by atoms with Crippen LogP contribution in [0, 0.1) is 5.92 Å². The van der Waals surface area contributed by atoms with E-state index in [1.165, 1.54) is 0 Å². The van der Waals surface area contributed by atoms with Gasteiger partial charge in [0.2, 0.25) is 15.9 Å². The van der Waals surface area contributed by atoms with Crippen molar-refractivity contribution in [3.05, 3.63) is 0 Å². The number of carbonyl (C=O) groups excluding carboxylic acids is 1. The van der Waals surface area contributed by atoms with Crippen molar-refractivity contribution in [2.45, 2.75) is 12.8 Å². The number of rotatable bonds is 2. The summed E-state index contributed by atoms with van der Waals surface area (Å²) in [6.07, 6.45) is 2.66. The summed E-state index contributed by atoms with van der Waals surface area (Å²) in [5, 5.41) is 3.05. The van der Waals surface area contributed by atoms with Gasteiger partial charge in [0.05, 0.1) is 12.2 Å². The van der Waals surface area contributed by atoms with Crippen molar-refractivity contribution in [3.8, 4) is 0 Å². The zero-order valence-electron chi connectivity index (χ0n) is 7.54. The summed E-state index contributed by atoms with van der Waals surface area (Å²) in [5.41, 5.74) is 0. The lowest BCUT2D eigenvalue weighted by molar-refractivity contribution is -0.123. The fourth-order valence-electron chi connectivity index (χ4n) is 1.34. The fourth-order valence-corrected chi connectivity index (χ4v) is 1.87. The number of sulfonamides is 1. The molecule has 2 N–H and O–H groups in total. The van der Waals surface area contributed by atoms with Crippen molar-refractivity contribution in [2.75, 3.05) is 19.3 Å². The van der Waals surface area contributed by atoms with Gasteiger partial charge in [0, 0.05) is 6.54 Å². The average Bonchev–Trinajstić information content (AvgIpc) is 2.03. The van der Waals surface area contributed by atoms with Gasteiger partial charge in [-0.1, -0.05) is 0 Å². The molecule has 1 saturated heterocycles. The number of piperidine rings is 1. The van der Waals surface area contributed by atoms with E-state index in [9.17, 15) is 13.2 Å². The van der Waals surface area contributed by atoms with Gasteiger partial charge in [0.25, 0.3) is 0 Å². The highest BCUT2D eigenvalue weighted by molar-refractivity contribution is 7.89. The first-order chi connectivity index (χ1) is 5.99. The zero-order valence-corrected chi connectivity index (χ0v) is 8.36. The van der Waals surface area contributed by atoms with Crippen molar-refractivity contribution < 1.29 is 13.2 Å². The first-order valence-corrected chi connectivity index (χ1v) is 6.10. The molecule has 0 aromatic rings. The fraction of sp³-hybridized carbons (Fsp3) is 0.857. The van der Waals surface area contributed by atoms with Gasteiger partial charge in [-0.15, -0.1) is 0 Å². The van der Waals surface area contributed by atoms with Crippen LogP contribution in [0.3, 0.4) is 0 Å². The van der Waals surface area contributed by atoms with Crippen LogP contribution in [0.5, 0.6) is 0 Å². The summed E-state index contributed by atoms with van der Waals surface area (Å²) >= 11 is 0. The molecule has 1 aliphatic heterocycles. The van der Waals surface area contributed by atoms with E-state index < -0.39 is 15.9 Å². The summed E-state index contributed by atoms with van der Waals surface area (Å²) in [6.45, 7) is 1.48. The van der Waals surface area contributed by atoms with E-state index in [1.807, 2.05) is 4.72 Å². The molecule has 0 aliphatic carbocycles. The van der Waals surface area contributed by atoms with E-state index in [2.05, 4.69) is 5.32 Å². The van der Waals surface area contributed by atoms with E-state index in [1.54, 1.807) is 0 Å². The van der Waals surface area contributed by atoms with Crippen LogP contribution >= 0.6 is 0 Å². The van der Waals surface area contributed by atoms with E-state index in [0.29, 0.717) is 6.54 Å². The number of carbonyl (C=O) groups is 1. The van der Waals surface area contributed by atoms with Crippen LogP contribution in [-0.2, 0) is 14.8 Å². The zero-order chi connectivity index (χ0) is 9.90. The maximum absolute atomic E-state index is 11.3. The van der Waals surface area contributed by atoms with Crippen molar-refractivity contribution >= 4 is 15.9 Å². The van der Waals surface area contributed by atoms with Gasteiger partial charge >= 0.3 is 0 Å². The van der Waals surface area contributed by atoms with Gasteiger partial charge in [-0.05, 0) is 19.4 Å². The van der Waals surface area contributed by atoms with Crippen LogP contribution in [0.2, 0.25) is 0 Å². The molecule has 0 radical (unpaired) electrons. The van der Waals surface area contributed by atoms with Crippen LogP contribution in [-0.4, -0.2) is 33.7 Å². The Hall–Kier alpha value is -0.620. The maximum Gasteiger partial charge on any atom is 0.237 e. The normalized spacial score (nSPS) is 23.9. The molecule has 5 nitrogen and oxygen atoms in total. The summed E-state index contributed by atoms with van der Waals surface area (Å²) in [7, 11) is -3.40. The average molecular weight is 206 g/mol. The van der Waals surface area contributed by atoms with E-state index in [4.69, 9.17) is 0 Å². The SMILES string of the molecule is CS(=O)(=O)NC(=O)[C@@H]1CCCNC1. The molecule has 1 heterocycles. The maximum atomic E-state index is 11.3. The quantitative estimate of drug-likeness (QED) is 0.611. The summed E-state index contributed by atoms with van der Waals surface area (Å²) in [4.78, 5) is 11.3. The summed E-state index contributed by atoms with van der Waals surface area (Å²) in [6, 6.07) is 0. The van der Waals surface area contributed by atoms with Gasteiger partial charge in [-0.3, -0.25) is 9.52 Å². The molecule has 0 saturated carbocycles. The minimum Gasteiger partial charge on any atom is -0.316 e. The van der Waals surface area contributed by atoms with Gasteiger partial charge in [-0.2, -0.15) is 0 Å². The monoisotopic (exact) mass is 206 g/mol. The molecule has 1 fully saturated rings. The van der Waals surface area contributed by atoms with Crippen molar-refractivity contribution in [1.29, 1.82) is 0 Å². The Labute approximate surface area is 77.9 Å².